The van der Waals surface area contributed by atoms with Crippen LogP contribution in [0.5, 0.6) is 0 Å². The lowest BCUT2D eigenvalue weighted by Gasteiger charge is -2.41. The Morgan fingerprint density at radius 3 is 2.23 bits per heavy atom. The Hall–Kier alpha value is -1.59. The third kappa shape index (κ3) is 4.77. The summed E-state index contributed by atoms with van der Waals surface area (Å²) in [6.45, 7) is 5.55. The van der Waals surface area contributed by atoms with Gasteiger partial charge in [0.05, 0.1) is 0 Å². The van der Waals surface area contributed by atoms with Crippen molar-refractivity contribution in [3.63, 3.8) is 0 Å². The maximum absolute atomic E-state index is 12.5. The number of alkyl halides is 1. The number of hydrogen-bond acceptors (Lipinski definition) is 3. The van der Waals surface area contributed by atoms with Crippen molar-refractivity contribution in [3.8, 4) is 0 Å². The van der Waals surface area contributed by atoms with E-state index in [9.17, 15) is 9.59 Å². The molecule has 2 aliphatic rings. The van der Waals surface area contributed by atoms with E-state index in [2.05, 4.69) is 10.2 Å². The number of nitrogens with one attached hydrogen (secondary N) is 1. The summed E-state index contributed by atoms with van der Waals surface area (Å²) in [4.78, 5) is 28.5. The highest BCUT2D eigenvalue weighted by molar-refractivity contribution is 6.27. The predicted molar refractivity (Wildman–Crippen MR) is 104 cm³/mol. The van der Waals surface area contributed by atoms with Crippen molar-refractivity contribution in [1.29, 1.82) is 0 Å². The third-order valence-electron chi connectivity index (χ3n) is 5.67. The van der Waals surface area contributed by atoms with Crippen molar-refractivity contribution in [2.24, 2.45) is 5.92 Å². The molecule has 0 aromatic heterocycles. The molecule has 6 heteroatoms. The van der Waals surface area contributed by atoms with Crippen LogP contribution in [0.2, 0.25) is 0 Å². The zero-order valence-corrected chi connectivity index (χ0v) is 16.2. The van der Waals surface area contributed by atoms with Gasteiger partial charge < -0.3 is 15.1 Å². The summed E-state index contributed by atoms with van der Waals surface area (Å²) >= 11 is 5.64. The van der Waals surface area contributed by atoms with E-state index in [0.717, 1.165) is 57.5 Å². The van der Waals surface area contributed by atoms with E-state index in [1.54, 1.807) is 0 Å². The first-order chi connectivity index (χ1) is 12.6. The van der Waals surface area contributed by atoms with Crippen LogP contribution in [0.3, 0.4) is 0 Å². The molecule has 142 valence electrons. The van der Waals surface area contributed by atoms with Gasteiger partial charge in [-0.1, -0.05) is 17.7 Å². The molecular formula is C20H28ClN3O2. The minimum absolute atomic E-state index is 0.0385. The number of anilines is 1. The molecule has 26 heavy (non-hydrogen) atoms. The van der Waals surface area contributed by atoms with E-state index < -0.39 is 0 Å². The number of benzene rings is 1. The highest BCUT2D eigenvalue weighted by atomic mass is 35.5. The second-order valence-electron chi connectivity index (χ2n) is 7.41. The van der Waals surface area contributed by atoms with Crippen molar-refractivity contribution in [3.05, 3.63) is 29.8 Å². The van der Waals surface area contributed by atoms with E-state index in [-0.39, 0.29) is 23.6 Å². The van der Waals surface area contributed by atoms with Crippen LogP contribution in [0, 0.1) is 12.8 Å². The Bertz CT molecular complexity index is 618. The minimum atomic E-state index is 0.0385. The van der Waals surface area contributed by atoms with E-state index in [1.807, 2.05) is 36.1 Å². The maximum Gasteiger partial charge on any atom is 0.237 e. The molecular weight excluding hydrogens is 350 g/mol. The molecule has 0 saturated carbocycles. The summed E-state index contributed by atoms with van der Waals surface area (Å²) < 4.78 is 0. The van der Waals surface area contributed by atoms with Gasteiger partial charge in [0.15, 0.2) is 0 Å². The molecule has 3 rings (SSSR count). The van der Waals surface area contributed by atoms with Crippen LogP contribution in [0.15, 0.2) is 24.3 Å². The lowest BCUT2D eigenvalue weighted by molar-refractivity contribution is -0.130. The van der Waals surface area contributed by atoms with E-state index in [0.29, 0.717) is 6.04 Å². The molecule has 1 aromatic carbocycles. The van der Waals surface area contributed by atoms with Crippen molar-refractivity contribution in [1.82, 2.24) is 9.80 Å². The molecule has 0 spiro atoms. The SMILES string of the molecule is Cc1ccc(NC(=O)C2CCN(C3CCN(C(=O)CCl)CC3)CC2)cc1. The molecule has 2 saturated heterocycles. The average molecular weight is 378 g/mol. The Kier molecular flexibility index (Phi) is 6.54. The average Bonchev–Trinajstić information content (AvgIpc) is 2.69. The Morgan fingerprint density at radius 2 is 1.65 bits per heavy atom. The zero-order chi connectivity index (χ0) is 18.5. The molecule has 1 aromatic rings. The number of nitrogens with zero attached hydrogens (tertiary/aromatic N) is 2. The first-order valence-electron chi connectivity index (χ1n) is 9.52. The van der Waals surface area contributed by atoms with Crippen LogP contribution < -0.4 is 5.32 Å². The van der Waals surface area contributed by atoms with Crippen LogP contribution in [-0.2, 0) is 9.59 Å². The Morgan fingerprint density at radius 1 is 1.04 bits per heavy atom. The molecule has 0 atom stereocenters. The van der Waals surface area contributed by atoms with Gasteiger partial charge in [0.25, 0.3) is 0 Å². The smallest absolute Gasteiger partial charge is 0.237 e. The number of carbonyl (C=O) groups excluding carboxylic acids is 2. The van der Waals surface area contributed by atoms with Gasteiger partial charge in [-0.15, -0.1) is 11.6 Å². The Balaban J connectivity index is 1.43. The highest BCUT2D eigenvalue weighted by Crippen LogP contribution is 2.25. The summed E-state index contributed by atoms with van der Waals surface area (Å²) in [6, 6.07) is 8.46. The fourth-order valence-electron chi connectivity index (χ4n) is 3.97. The van der Waals surface area contributed by atoms with Crippen LogP contribution in [-0.4, -0.2) is 59.7 Å². The quantitative estimate of drug-likeness (QED) is 0.821. The first kappa shape index (κ1) is 19.2. The minimum Gasteiger partial charge on any atom is -0.342 e. The number of carbonyl (C=O) groups is 2. The molecule has 0 aliphatic carbocycles. The van der Waals surface area contributed by atoms with Crippen molar-refractivity contribution in [2.45, 2.75) is 38.6 Å². The second-order valence-corrected chi connectivity index (χ2v) is 7.68. The van der Waals surface area contributed by atoms with E-state index in [1.165, 1.54) is 5.56 Å². The molecule has 2 fully saturated rings. The summed E-state index contributed by atoms with van der Waals surface area (Å²) in [5.41, 5.74) is 2.06. The molecule has 0 bridgehead atoms. The van der Waals surface area contributed by atoms with Crippen LogP contribution in [0.25, 0.3) is 0 Å². The van der Waals surface area contributed by atoms with Crippen molar-refractivity contribution >= 4 is 29.1 Å². The van der Waals surface area contributed by atoms with Crippen LogP contribution >= 0.6 is 11.6 Å². The molecule has 1 N–H and O–H groups in total. The number of likely N-dealkylation sites (tertiary alicyclic amines) is 2. The number of hydrogen-bond donors (Lipinski definition) is 1. The summed E-state index contributed by atoms with van der Waals surface area (Å²) in [5, 5.41) is 3.04. The van der Waals surface area contributed by atoms with Gasteiger partial charge in [-0.2, -0.15) is 0 Å². The molecule has 5 nitrogen and oxygen atoms in total. The zero-order valence-electron chi connectivity index (χ0n) is 15.4. The van der Waals surface area contributed by atoms with E-state index in [4.69, 9.17) is 11.6 Å². The normalized spacial score (nSPS) is 20.2. The largest absolute Gasteiger partial charge is 0.342 e. The van der Waals surface area contributed by atoms with Gasteiger partial charge in [0.2, 0.25) is 11.8 Å². The standard InChI is InChI=1S/C20H28ClN3O2/c1-15-2-4-17(5-3-15)22-20(26)16-6-10-23(11-7-16)18-8-12-24(13-9-18)19(25)14-21/h2-5,16,18H,6-14H2,1H3,(H,22,26). The van der Waals surface area contributed by atoms with Crippen molar-refractivity contribution < 1.29 is 9.59 Å². The fourth-order valence-corrected chi connectivity index (χ4v) is 4.14. The van der Waals surface area contributed by atoms with Crippen molar-refractivity contribution in [2.75, 3.05) is 37.4 Å². The van der Waals surface area contributed by atoms with Gasteiger partial charge in [-0.3, -0.25) is 9.59 Å². The summed E-state index contributed by atoms with van der Waals surface area (Å²) in [7, 11) is 0. The molecule has 2 aliphatic heterocycles. The number of aryl methyl sites for hydroxylation is 1. The lowest BCUT2D eigenvalue weighted by atomic mass is 9.92. The number of rotatable bonds is 4. The summed E-state index contributed by atoms with van der Waals surface area (Å²) in [5.74, 6) is 0.338. The fraction of sp³-hybridized carbons (Fsp3) is 0.600. The third-order valence-corrected chi connectivity index (χ3v) is 5.90. The van der Waals surface area contributed by atoms with Gasteiger partial charge in [-0.25, -0.2) is 0 Å². The topological polar surface area (TPSA) is 52.7 Å². The highest BCUT2D eigenvalue weighted by Gasteiger charge is 2.31. The lowest BCUT2D eigenvalue weighted by Crippen LogP contribution is -2.50. The van der Waals surface area contributed by atoms with Gasteiger partial charge in [0.1, 0.15) is 5.88 Å². The first-order valence-corrected chi connectivity index (χ1v) is 10.1. The van der Waals surface area contributed by atoms with Crippen LogP contribution in [0.1, 0.15) is 31.2 Å². The number of amides is 2. The Labute approximate surface area is 160 Å². The van der Waals surface area contributed by atoms with Gasteiger partial charge in [0, 0.05) is 30.7 Å². The molecule has 2 amide bonds. The molecule has 0 unspecified atom stereocenters. The number of halogens is 1. The number of piperidine rings is 2. The van der Waals surface area contributed by atoms with E-state index >= 15 is 0 Å². The molecule has 2 heterocycles. The predicted octanol–water partition coefficient (Wildman–Crippen LogP) is 2.88. The van der Waals surface area contributed by atoms with Gasteiger partial charge >= 0.3 is 0 Å². The van der Waals surface area contributed by atoms with Crippen LogP contribution in [0.4, 0.5) is 5.69 Å². The monoisotopic (exact) mass is 377 g/mol. The van der Waals surface area contributed by atoms with Gasteiger partial charge in [-0.05, 0) is 57.8 Å². The second kappa shape index (κ2) is 8.87. The molecule has 0 radical (unpaired) electrons. The summed E-state index contributed by atoms with van der Waals surface area (Å²) in [6.07, 6.45) is 3.81. The maximum atomic E-state index is 12.5.